The Labute approximate surface area is 199 Å². The summed E-state index contributed by atoms with van der Waals surface area (Å²) in [6, 6.07) is 2.48. The Balaban J connectivity index is 1.74. The van der Waals surface area contributed by atoms with Crippen LogP contribution in [0.1, 0.15) is 12.1 Å². The highest BCUT2D eigenvalue weighted by Crippen LogP contribution is 2.66. The van der Waals surface area contributed by atoms with Crippen molar-refractivity contribution in [3.05, 3.63) is 57.4 Å². The third-order valence-corrected chi connectivity index (χ3v) is 8.25. The molecule has 1 aliphatic rings. The zero-order valence-electron chi connectivity index (χ0n) is 17.6. The van der Waals surface area contributed by atoms with Crippen LogP contribution in [0.5, 0.6) is 0 Å². The van der Waals surface area contributed by atoms with E-state index < -0.39 is 65.9 Å². The first-order valence-electron chi connectivity index (χ1n) is 9.46. The maximum absolute atomic E-state index is 12.9. The topological polar surface area (TPSA) is 279 Å². The summed E-state index contributed by atoms with van der Waals surface area (Å²) in [5.74, 6) is 0.122. The number of hydrogen-bond acceptors (Lipinski definition) is 13. The van der Waals surface area contributed by atoms with Gasteiger partial charge in [0.1, 0.15) is 24.1 Å². The molecular formula is C14H19N4O15P3. The van der Waals surface area contributed by atoms with Crippen LogP contribution in [-0.4, -0.2) is 73.8 Å². The Morgan fingerprint density at radius 2 is 1.61 bits per heavy atom. The summed E-state index contributed by atoms with van der Waals surface area (Å²) >= 11 is 0. The lowest BCUT2D eigenvalue weighted by Crippen LogP contribution is -2.43. The van der Waals surface area contributed by atoms with E-state index in [2.05, 4.69) is 23.1 Å². The minimum Gasteiger partial charge on any atom is -0.387 e. The van der Waals surface area contributed by atoms with Gasteiger partial charge in [0, 0.05) is 24.7 Å². The van der Waals surface area contributed by atoms with Gasteiger partial charge in [-0.2, -0.15) is 8.62 Å². The second-order valence-corrected chi connectivity index (χ2v) is 11.4. The number of aromatic nitrogens is 4. The Hall–Kier alpha value is -1.95. The average Bonchev–Trinajstić information content (AvgIpc) is 3.02. The first-order chi connectivity index (χ1) is 16.6. The number of hydrogen-bond donors (Lipinski definition) is 6. The number of rotatable bonds is 10. The quantitative estimate of drug-likeness (QED) is 0.164. The van der Waals surface area contributed by atoms with Crippen LogP contribution < -0.4 is 11.2 Å². The minimum atomic E-state index is -5.77. The maximum Gasteiger partial charge on any atom is 0.490 e. The van der Waals surface area contributed by atoms with E-state index in [9.17, 15) is 38.4 Å². The molecule has 0 saturated carbocycles. The molecule has 1 aliphatic heterocycles. The van der Waals surface area contributed by atoms with Gasteiger partial charge in [-0.15, -0.1) is 0 Å². The van der Waals surface area contributed by atoms with E-state index in [4.69, 9.17) is 19.4 Å². The van der Waals surface area contributed by atoms with Gasteiger partial charge >= 0.3 is 29.2 Å². The molecular weight excluding hydrogens is 557 g/mol. The molecule has 2 aromatic rings. The summed E-state index contributed by atoms with van der Waals surface area (Å²) in [6.45, 7) is -1.41. The summed E-state index contributed by atoms with van der Waals surface area (Å²) < 4.78 is 52.2. The molecule has 36 heavy (non-hydrogen) atoms. The summed E-state index contributed by atoms with van der Waals surface area (Å²) in [5.41, 5.74) is -1.72. The smallest absolute Gasteiger partial charge is 0.387 e. The Kier molecular flexibility index (Phi) is 8.59. The van der Waals surface area contributed by atoms with Crippen molar-refractivity contribution in [2.24, 2.45) is 0 Å². The third kappa shape index (κ3) is 7.30. The van der Waals surface area contributed by atoms with E-state index >= 15 is 0 Å². The molecule has 0 amide bonds. The number of ether oxygens (including phenoxy) is 1. The SMILES string of the molecule is O=c1ccn([C@@H]2O[C@H](COP(=O)(O)OP(=O)(O)OP(=O)(O)O)[C@H](O)C2O)c(=O)n1Cc1ncccn1. The van der Waals surface area contributed by atoms with Crippen LogP contribution in [0, 0.1) is 0 Å². The molecule has 1 fully saturated rings. The fourth-order valence-electron chi connectivity index (χ4n) is 2.99. The summed E-state index contributed by atoms with van der Waals surface area (Å²) in [4.78, 5) is 68.6. The van der Waals surface area contributed by atoms with E-state index in [1.54, 1.807) is 0 Å². The lowest BCUT2D eigenvalue weighted by atomic mass is 10.1. The van der Waals surface area contributed by atoms with Crippen molar-refractivity contribution in [3.63, 3.8) is 0 Å². The summed E-state index contributed by atoms with van der Waals surface area (Å²) in [5, 5.41) is 20.6. The first-order valence-corrected chi connectivity index (χ1v) is 14.0. The van der Waals surface area contributed by atoms with Crippen LogP contribution in [0.3, 0.4) is 0 Å². The van der Waals surface area contributed by atoms with Crippen molar-refractivity contribution >= 4 is 23.5 Å². The second-order valence-electron chi connectivity index (χ2n) is 7.03. The van der Waals surface area contributed by atoms with Crippen LogP contribution in [0.2, 0.25) is 0 Å². The van der Waals surface area contributed by atoms with Crippen molar-refractivity contribution in [3.8, 4) is 0 Å². The van der Waals surface area contributed by atoms with Crippen molar-refractivity contribution < 1.29 is 61.4 Å². The predicted molar refractivity (Wildman–Crippen MR) is 112 cm³/mol. The molecule has 200 valence electrons. The molecule has 22 heteroatoms. The highest BCUT2D eigenvalue weighted by atomic mass is 31.3. The van der Waals surface area contributed by atoms with Gasteiger partial charge in [-0.3, -0.25) is 18.5 Å². The van der Waals surface area contributed by atoms with Crippen molar-refractivity contribution in [2.75, 3.05) is 6.61 Å². The van der Waals surface area contributed by atoms with Gasteiger partial charge in [-0.05, 0) is 6.07 Å². The van der Waals surface area contributed by atoms with Crippen molar-refractivity contribution in [1.29, 1.82) is 0 Å². The first kappa shape index (κ1) is 28.6. The molecule has 6 atom stereocenters. The Morgan fingerprint density at radius 3 is 2.22 bits per heavy atom. The number of nitrogens with zero attached hydrogens (tertiary/aromatic N) is 4. The molecule has 19 nitrogen and oxygen atoms in total. The molecule has 2 aromatic heterocycles. The number of phosphoric acid groups is 3. The van der Waals surface area contributed by atoms with Crippen molar-refractivity contribution in [2.45, 2.75) is 31.1 Å². The van der Waals surface area contributed by atoms with Crippen LogP contribution in [0.25, 0.3) is 0 Å². The van der Waals surface area contributed by atoms with Gasteiger partial charge in [-0.1, -0.05) is 0 Å². The largest absolute Gasteiger partial charge is 0.490 e. The van der Waals surface area contributed by atoms with Gasteiger partial charge < -0.3 is 34.5 Å². The molecule has 0 aromatic carbocycles. The van der Waals surface area contributed by atoms with Crippen LogP contribution in [0.15, 0.2) is 40.3 Å². The molecule has 3 unspecified atom stereocenters. The normalized spacial score (nSPS) is 25.8. The van der Waals surface area contributed by atoms with Gasteiger partial charge in [0.05, 0.1) is 13.2 Å². The Bertz CT molecular complexity index is 1340. The molecule has 1 saturated heterocycles. The highest BCUT2D eigenvalue weighted by molar-refractivity contribution is 7.66. The maximum atomic E-state index is 12.9. The second kappa shape index (κ2) is 10.8. The monoisotopic (exact) mass is 576 g/mol. The fraction of sp³-hybridized carbons (Fsp3) is 0.429. The third-order valence-electron chi connectivity index (χ3n) is 4.44. The van der Waals surface area contributed by atoms with E-state index in [0.29, 0.717) is 0 Å². The number of aliphatic hydroxyl groups excluding tert-OH is 2. The molecule has 0 spiro atoms. The van der Waals surface area contributed by atoms with Gasteiger partial charge in [0.25, 0.3) is 5.56 Å². The standard InChI is InChI=1S/C14H19N4O15P3/c19-10-2-5-17(14(22)18(10)6-9-15-3-1-4-16-9)13-12(21)11(20)8(31-13)7-30-35(26,27)33-36(28,29)32-34(23,24)25/h1-5,8,11-13,20-21H,6-7H2,(H,26,27)(H,28,29)(H2,23,24,25)/t8-,11+,12?,13-/m1/s1. The van der Waals surface area contributed by atoms with E-state index in [-0.39, 0.29) is 12.4 Å². The predicted octanol–water partition coefficient (Wildman–Crippen LogP) is -2.19. The molecule has 3 rings (SSSR count). The summed E-state index contributed by atoms with van der Waals surface area (Å²) in [6.07, 6.45) is -3.17. The zero-order valence-corrected chi connectivity index (χ0v) is 20.3. The zero-order chi connectivity index (χ0) is 26.9. The van der Waals surface area contributed by atoms with E-state index in [0.717, 1.165) is 21.4 Å². The fourth-order valence-corrected chi connectivity index (χ4v) is 6.02. The van der Waals surface area contributed by atoms with Crippen LogP contribution in [0.4, 0.5) is 0 Å². The van der Waals surface area contributed by atoms with Crippen LogP contribution in [-0.2, 0) is 38.1 Å². The highest BCUT2D eigenvalue weighted by Gasteiger charge is 2.46. The summed E-state index contributed by atoms with van der Waals surface area (Å²) in [7, 11) is -16.9. The van der Waals surface area contributed by atoms with E-state index in [1.807, 2.05) is 0 Å². The number of aliphatic hydroxyl groups is 2. The lowest BCUT2D eigenvalue weighted by Gasteiger charge is -2.19. The number of phosphoric ester groups is 1. The van der Waals surface area contributed by atoms with Gasteiger partial charge in [0.2, 0.25) is 0 Å². The van der Waals surface area contributed by atoms with E-state index in [1.165, 1.54) is 18.5 Å². The Morgan fingerprint density at radius 1 is 0.972 bits per heavy atom. The molecule has 0 aliphatic carbocycles. The van der Waals surface area contributed by atoms with Gasteiger partial charge in [0.15, 0.2) is 6.23 Å². The molecule has 0 radical (unpaired) electrons. The molecule has 3 heterocycles. The van der Waals surface area contributed by atoms with Crippen LogP contribution >= 0.6 is 23.5 Å². The minimum absolute atomic E-state index is 0.122. The van der Waals surface area contributed by atoms with Gasteiger partial charge in [-0.25, -0.2) is 28.5 Å². The molecule has 6 N–H and O–H groups in total. The average molecular weight is 576 g/mol. The lowest BCUT2D eigenvalue weighted by molar-refractivity contribution is -0.0547. The van der Waals surface area contributed by atoms with Crippen molar-refractivity contribution in [1.82, 2.24) is 19.1 Å². The molecule has 0 bridgehead atoms.